The van der Waals surface area contributed by atoms with Crippen molar-refractivity contribution in [3.63, 3.8) is 0 Å². The Kier molecular flexibility index (Phi) is 14.7. The zero-order valence-electron chi connectivity index (χ0n) is 38.3. The number of pyridine rings is 2. The lowest BCUT2D eigenvalue weighted by Gasteiger charge is -2.14. The molecule has 23 nitrogen and oxygen atoms in total. The van der Waals surface area contributed by atoms with Crippen LogP contribution in [0.3, 0.4) is 0 Å². The molecular weight excluding hydrogens is 947 g/mol. The van der Waals surface area contributed by atoms with Gasteiger partial charge in [0.25, 0.3) is 0 Å². The number of hydrogen-bond donors (Lipinski definition) is 1. The summed E-state index contributed by atoms with van der Waals surface area (Å²) in [6.07, 6.45) is 7.44. The molecule has 0 aliphatic carbocycles. The topological polar surface area (TPSA) is 262 Å². The van der Waals surface area contributed by atoms with E-state index in [0.717, 1.165) is 0 Å². The fraction of sp³-hybridized carbons (Fsp3) is 0.319. The molecule has 10 rings (SSSR count). The van der Waals surface area contributed by atoms with Crippen molar-refractivity contribution in [2.45, 2.75) is 63.2 Å². The molecular formula is C47H44F2N12O11. The number of carbonyl (C=O) groups excluding carboxylic acids is 4. The van der Waals surface area contributed by atoms with E-state index in [2.05, 4.69) is 45.6 Å². The van der Waals surface area contributed by atoms with Crippen LogP contribution in [-0.2, 0) is 51.3 Å². The van der Waals surface area contributed by atoms with Gasteiger partial charge in [-0.05, 0) is 48.5 Å². The number of oxime groups is 2. The van der Waals surface area contributed by atoms with Gasteiger partial charge in [0, 0.05) is 59.9 Å². The minimum atomic E-state index is -0.558. The van der Waals surface area contributed by atoms with Gasteiger partial charge in [-0.25, -0.2) is 27.7 Å². The number of anilines is 2. The molecule has 0 spiro atoms. The summed E-state index contributed by atoms with van der Waals surface area (Å²) >= 11 is 0. The maximum absolute atomic E-state index is 15.1. The number of esters is 2. The number of nitrogens with zero attached hydrogens (tertiary/aromatic N) is 12. The number of ether oxygens (including phenoxy) is 4. The van der Waals surface area contributed by atoms with Crippen molar-refractivity contribution in [3.8, 4) is 22.3 Å². The summed E-state index contributed by atoms with van der Waals surface area (Å²) in [7, 11) is 1.25. The van der Waals surface area contributed by atoms with Gasteiger partial charge in [0.2, 0.25) is 0 Å². The standard InChI is InChI=1S/C26H25FN6O7.C21H19FN6O4/c1-37-24(34)6-7-25(35)38-15-18-11-23(30-40-18)22-5-2-16(12-28-22)20-4-3-17(10-21(20)27)33-14-19(39-26(33)36)13-32-9-8-29-31-32;22-18-7-14(28-11-16(31-21(28)30)10-27-6-5-24-26-27)2-3-17(18)13-1-4-19(23-9-13)20-8-15(12-29)32-25-20/h2-5,8-10,12,18-19H,6-7,11,13-15H2,1H3;1-7,9,15-16,29H,8,10-12H2/t18?,19-;15?,16-/m00/s1. The smallest absolute Gasteiger partial charge is 0.414 e. The van der Waals surface area contributed by atoms with Gasteiger partial charge in [0.05, 0.1) is 87.9 Å². The van der Waals surface area contributed by atoms with Crippen molar-refractivity contribution in [2.24, 2.45) is 10.3 Å². The monoisotopic (exact) mass is 990 g/mol. The number of carbonyl (C=O) groups is 4. The highest BCUT2D eigenvalue weighted by Gasteiger charge is 2.35. The van der Waals surface area contributed by atoms with E-state index in [1.807, 2.05) is 0 Å². The number of rotatable bonds is 16. The molecule has 2 unspecified atom stereocenters. The molecule has 0 radical (unpaired) electrons. The summed E-state index contributed by atoms with van der Waals surface area (Å²) in [6, 6.07) is 16.0. The van der Waals surface area contributed by atoms with Crippen LogP contribution in [0.5, 0.6) is 0 Å². The second-order valence-electron chi connectivity index (χ2n) is 16.6. The summed E-state index contributed by atoms with van der Waals surface area (Å²) in [5, 5.41) is 32.3. The van der Waals surface area contributed by atoms with Crippen LogP contribution in [0.1, 0.15) is 37.1 Å². The second kappa shape index (κ2) is 21.9. The number of cyclic esters (lactones) is 2. The molecule has 1 N–H and O–H groups in total. The molecule has 4 atom stereocenters. The number of aliphatic hydroxyl groups excluding tert-OH is 1. The fourth-order valence-electron chi connectivity index (χ4n) is 7.90. The maximum atomic E-state index is 15.1. The Morgan fingerprint density at radius 2 is 1.18 bits per heavy atom. The van der Waals surface area contributed by atoms with Crippen LogP contribution < -0.4 is 9.80 Å². The van der Waals surface area contributed by atoms with Crippen molar-refractivity contribution in [1.29, 1.82) is 0 Å². The zero-order valence-corrected chi connectivity index (χ0v) is 38.3. The van der Waals surface area contributed by atoms with E-state index in [0.29, 0.717) is 82.4 Å². The molecule has 372 valence electrons. The van der Waals surface area contributed by atoms with Gasteiger partial charge in [0.1, 0.15) is 41.9 Å². The minimum absolute atomic E-state index is 0.0194. The lowest BCUT2D eigenvalue weighted by Crippen LogP contribution is -2.26. The van der Waals surface area contributed by atoms with E-state index in [1.165, 1.54) is 41.4 Å². The first kappa shape index (κ1) is 48.3. The Bertz CT molecular complexity index is 2960. The predicted molar refractivity (Wildman–Crippen MR) is 246 cm³/mol. The molecule has 0 saturated carbocycles. The van der Waals surface area contributed by atoms with E-state index >= 15 is 4.39 Å². The number of halogens is 2. The highest BCUT2D eigenvalue weighted by molar-refractivity contribution is 6.00. The van der Waals surface area contributed by atoms with Crippen LogP contribution in [-0.4, -0.2) is 138 Å². The fourth-order valence-corrected chi connectivity index (χ4v) is 7.90. The Morgan fingerprint density at radius 1 is 0.681 bits per heavy atom. The first-order chi connectivity index (χ1) is 35.0. The average Bonchev–Trinajstić information content (AvgIpc) is 4.27. The maximum Gasteiger partial charge on any atom is 0.414 e. The van der Waals surface area contributed by atoms with E-state index in [4.69, 9.17) is 29.0 Å². The SMILES string of the molecule is COC(=O)CCC(=O)OCC1CC(c2ccc(-c3ccc(N4C[C@H](Cn5ccnn5)OC4=O)cc3F)cn2)=NO1.O=C1O[C@@H](Cn2ccnn2)CN1c1ccc(-c2ccc(C3=NOC(CO)C3)nc2)c(F)c1. The quantitative estimate of drug-likeness (QED) is 0.103. The van der Waals surface area contributed by atoms with E-state index < -0.39 is 54.1 Å². The Balaban J connectivity index is 0.000000182. The highest BCUT2D eigenvalue weighted by atomic mass is 19.1. The minimum Gasteiger partial charge on any atom is -0.469 e. The molecule has 2 aromatic carbocycles. The number of amides is 2. The second-order valence-corrected chi connectivity index (χ2v) is 16.6. The largest absolute Gasteiger partial charge is 0.469 e. The molecule has 25 heteroatoms. The van der Waals surface area contributed by atoms with Crippen molar-refractivity contribution in [2.75, 3.05) is 43.2 Å². The van der Waals surface area contributed by atoms with Crippen LogP contribution in [0, 0.1) is 11.6 Å². The predicted octanol–water partition coefficient (Wildman–Crippen LogP) is 4.48. The Morgan fingerprint density at radius 3 is 1.61 bits per heavy atom. The van der Waals surface area contributed by atoms with Crippen LogP contribution in [0.2, 0.25) is 0 Å². The first-order valence-corrected chi connectivity index (χ1v) is 22.5. The lowest BCUT2D eigenvalue weighted by atomic mass is 10.0. The number of methoxy groups -OCH3 is 1. The van der Waals surface area contributed by atoms with Gasteiger partial charge in [-0.15, -0.1) is 10.2 Å². The average molecular weight is 991 g/mol. The zero-order chi connectivity index (χ0) is 50.1. The third-order valence-corrected chi connectivity index (χ3v) is 11.6. The van der Waals surface area contributed by atoms with Crippen molar-refractivity contribution >= 4 is 46.9 Å². The highest BCUT2D eigenvalue weighted by Crippen LogP contribution is 2.32. The number of hydrogen-bond acceptors (Lipinski definition) is 19. The summed E-state index contributed by atoms with van der Waals surface area (Å²) < 4.78 is 53.5. The van der Waals surface area contributed by atoms with Gasteiger partial charge in [-0.2, -0.15) is 0 Å². The van der Waals surface area contributed by atoms with Crippen molar-refractivity contribution < 1.29 is 61.7 Å². The van der Waals surface area contributed by atoms with Gasteiger partial charge in [0.15, 0.2) is 12.2 Å². The molecule has 4 aliphatic rings. The number of aliphatic hydroxyl groups is 1. The van der Waals surface area contributed by atoms with Gasteiger partial charge >= 0.3 is 24.1 Å². The Labute approximate surface area is 407 Å². The van der Waals surface area contributed by atoms with Crippen LogP contribution in [0.15, 0.2) is 108 Å². The summed E-state index contributed by atoms with van der Waals surface area (Å²) in [5.74, 6) is -2.03. The first-order valence-electron chi connectivity index (χ1n) is 22.5. The van der Waals surface area contributed by atoms with Crippen molar-refractivity contribution in [1.82, 2.24) is 40.0 Å². The van der Waals surface area contributed by atoms with Gasteiger partial charge < -0.3 is 33.7 Å². The third kappa shape index (κ3) is 11.5. The van der Waals surface area contributed by atoms with Crippen molar-refractivity contribution in [3.05, 3.63) is 121 Å². The molecule has 0 bridgehead atoms. The van der Waals surface area contributed by atoms with Crippen LogP contribution >= 0.6 is 0 Å². The molecule has 2 amide bonds. The summed E-state index contributed by atoms with van der Waals surface area (Å²) in [5.41, 5.74) is 4.94. The normalized spacial score (nSPS) is 19.1. The third-order valence-electron chi connectivity index (χ3n) is 11.6. The molecule has 72 heavy (non-hydrogen) atoms. The number of benzene rings is 2. The van der Waals surface area contributed by atoms with Crippen LogP contribution in [0.25, 0.3) is 22.3 Å². The molecule has 8 heterocycles. The molecule has 4 aromatic heterocycles. The molecule has 2 fully saturated rings. The van der Waals surface area contributed by atoms with Crippen LogP contribution in [0.4, 0.5) is 29.7 Å². The van der Waals surface area contributed by atoms with E-state index in [9.17, 15) is 23.6 Å². The Hall–Kier alpha value is -8.74. The van der Waals surface area contributed by atoms with Gasteiger partial charge in [-0.3, -0.25) is 29.4 Å². The molecule has 2 saturated heterocycles. The van der Waals surface area contributed by atoms with Gasteiger partial charge in [-0.1, -0.05) is 32.9 Å². The van der Waals surface area contributed by atoms with E-state index in [-0.39, 0.29) is 45.2 Å². The number of aromatic nitrogens is 8. The van der Waals surface area contributed by atoms with E-state index in [1.54, 1.807) is 82.7 Å². The summed E-state index contributed by atoms with van der Waals surface area (Å²) in [4.78, 5) is 69.5. The molecule has 4 aliphatic heterocycles. The lowest BCUT2D eigenvalue weighted by molar-refractivity contribution is -0.151. The summed E-state index contributed by atoms with van der Waals surface area (Å²) in [6.45, 7) is 1.12. The molecule has 6 aromatic rings.